The maximum absolute atomic E-state index is 13.6. The van der Waals surface area contributed by atoms with Crippen LogP contribution in [0.25, 0.3) is 11.4 Å². The van der Waals surface area contributed by atoms with E-state index in [1.165, 1.54) is 0 Å². The van der Waals surface area contributed by atoms with Gasteiger partial charge in [-0.25, -0.2) is 14.8 Å². The predicted molar refractivity (Wildman–Crippen MR) is 153 cm³/mol. The van der Waals surface area contributed by atoms with Gasteiger partial charge in [-0.05, 0) is 58.4 Å². The molecule has 0 N–H and O–H groups in total. The summed E-state index contributed by atoms with van der Waals surface area (Å²) in [6.07, 6.45) is 7.70. The van der Waals surface area contributed by atoms with Crippen LogP contribution in [0.3, 0.4) is 0 Å². The van der Waals surface area contributed by atoms with Crippen LogP contribution in [0.5, 0.6) is 0 Å². The van der Waals surface area contributed by atoms with Gasteiger partial charge in [-0.2, -0.15) is 0 Å². The van der Waals surface area contributed by atoms with Crippen molar-refractivity contribution in [1.29, 1.82) is 0 Å². The molecule has 3 fully saturated rings. The maximum atomic E-state index is 13.6. The van der Waals surface area contributed by atoms with Crippen LogP contribution >= 0.6 is 0 Å². The molecule has 0 bridgehead atoms. The van der Waals surface area contributed by atoms with Crippen LogP contribution < -0.4 is 0 Å². The first-order valence-electron chi connectivity index (χ1n) is 14.6. The van der Waals surface area contributed by atoms with Gasteiger partial charge in [0, 0.05) is 63.3 Å². The third-order valence-corrected chi connectivity index (χ3v) is 7.98. The van der Waals surface area contributed by atoms with E-state index in [-0.39, 0.29) is 36.1 Å². The first kappa shape index (κ1) is 29.0. The van der Waals surface area contributed by atoms with Crippen molar-refractivity contribution in [3.8, 4) is 11.4 Å². The van der Waals surface area contributed by atoms with Crippen molar-refractivity contribution in [2.45, 2.75) is 83.1 Å². The Bertz CT molecular complexity index is 1230. The zero-order valence-corrected chi connectivity index (χ0v) is 24.5. The molecule has 2 saturated heterocycles. The SMILES string of the molecule is COC1CCN(C(=O)Cc2ccc(-c3ncc(C(=O)N(C4CC4)C4CCN(C(=O)OC(C)(C)C)CC4)cn3)cc2)C1. The van der Waals surface area contributed by atoms with Crippen LogP contribution in [-0.4, -0.2) is 99.7 Å². The standard InChI is InChI=1S/C31H41N5O5/c1-31(2,3)41-30(39)34-14-11-25(12-15-34)36(24-9-10-24)29(38)23-18-32-28(33-19-23)22-7-5-21(6-8-22)17-27(37)35-16-13-26(20-35)40-4/h5-8,18-19,24-26H,9-17,20H2,1-4H3. The van der Waals surface area contributed by atoms with Gasteiger partial charge in [-0.1, -0.05) is 24.3 Å². The van der Waals surface area contributed by atoms with Gasteiger partial charge in [-0.15, -0.1) is 0 Å². The Morgan fingerprint density at radius 3 is 2.07 bits per heavy atom. The molecule has 0 spiro atoms. The highest BCUT2D eigenvalue weighted by Crippen LogP contribution is 2.33. The van der Waals surface area contributed by atoms with E-state index in [0.29, 0.717) is 37.4 Å². The van der Waals surface area contributed by atoms with Gasteiger partial charge in [0.05, 0.1) is 18.1 Å². The van der Waals surface area contributed by atoms with Crippen LogP contribution in [-0.2, 0) is 20.7 Å². The maximum Gasteiger partial charge on any atom is 0.410 e. The van der Waals surface area contributed by atoms with Crippen LogP contribution in [0.15, 0.2) is 36.7 Å². The average Bonchev–Trinajstić information content (AvgIpc) is 3.67. The molecule has 3 amide bonds. The molecule has 2 aromatic rings. The smallest absolute Gasteiger partial charge is 0.410 e. The molecule has 10 nitrogen and oxygen atoms in total. The van der Waals surface area contributed by atoms with E-state index < -0.39 is 5.60 Å². The second-order valence-electron chi connectivity index (χ2n) is 12.3. The molecule has 0 radical (unpaired) electrons. The summed E-state index contributed by atoms with van der Waals surface area (Å²) in [4.78, 5) is 53.3. The fourth-order valence-electron chi connectivity index (χ4n) is 5.58. The number of rotatable bonds is 7. The Morgan fingerprint density at radius 1 is 0.902 bits per heavy atom. The topological polar surface area (TPSA) is 105 Å². The fraction of sp³-hybridized carbons (Fsp3) is 0.581. The molecule has 2 aliphatic heterocycles. The van der Waals surface area contributed by atoms with E-state index in [4.69, 9.17) is 9.47 Å². The summed E-state index contributed by atoms with van der Waals surface area (Å²) in [6.45, 7) is 8.11. The zero-order chi connectivity index (χ0) is 29.1. The van der Waals surface area contributed by atoms with E-state index in [0.717, 1.165) is 49.8 Å². The number of likely N-dealkylation sites (tertiary alicyclic amines) is 2. The molecule has 220 valence electrons. The minimum absolute atomic E-state index is 0.0544. The van der Waals surface area contributed by atoms with E-state index >= 15 is 0 Å². The normalized spacial score (nSPS) is 19.8. The number of aromatic nitrogens is 2. The van der Waals surface area contributed by atoms with Crippen LogP contribution in [0, 0.1) is 0 Å². The van der Waals surface area contributed by atoms with Crippen molar-refractivity contribution in [2.75, 3.05) is 33.3 Å². The number of nitrogens with zero attached hydrogens (tertiary/aromatic N) is 5. The van der Waals surface area contributed by atoms with Gasteiger partial charge in [0.2, 0.25) is 5.91 Å². The van der Waals surface area contributed by atoms with E-state index in [9.17, 15) is 14.4 Å². The minimum Gasteiger partial charge on any atom is -0.444 e. The second-order valence-corrected chi connectivity index (χ2v) is 12.3. The van der Waals surface area contributed by atoms with Crippen molar-refractivity contribution in [3.63, 3.8) is 0 Å². The number of benzene rings is 1. The highest BCUT2D eigenvalue weighted by molar-refractivity contribution is 5.94. The number of amides is 3. The Labute approximate surface area is 242 Å². The van der Waals surface area contributed by atoms with Gasteiger partial charge in [0.25, 0.3) is 5.91 Å². The molecule has 3 aliphatic rings. The molecule has 1 aliphatic carbocycles. The second kappa shape index (κ2) is 12.1. The molecule has 5 rings (SSSR count). The van der Waals surface area contributed by atoms with Gasteiger partial charge in [0.15, 0.2) is 5.82 Å². The van der Waals surface area contributed by atoms with Crippen LogP contribution in [0.4, 0.5) is 4.79 Å². The van der Waals surface area contributed by atoms with Gasteiger partial charge in [0.1, 0.15) is 5.60 Å². The average molecular weight is 564 g/mol. The number of hydrogen-bond acceptors (Lipinski definition) is 7. The first-order chi connectivity index (χ1) is 19.6. The van der Waals surface area contributed by atoms with Gasteiger partial charge >= 0.3 is 6.09 Å². The molecule has 3 heterocycles. The lowest BCUT2D eigenvalue weighted by molar-refractivity contribution is -0.129. The number of carbonyl (C=O) groups excluding carboxylic acids is 3. The van der Waals surface area contributed by atoms with Crippen LogP contribution in [0.2, 0.25) is 0 Å². The summed E-state index contributed by atoms with van der Waals surface area (Å²) in [5, 5.41) is 0. The largest absolute Gasteiger partial charge is 0.444 e. The molecular formula is C31H41N5O5. The molecular weight excluding hydrogens is 522 g/mol. The summed E-state index contributed by atoms with van der Waals surface area (Å²) in [7, 11) is 1.68. The minimum atomic E-state index is -0.529. The summed E-state index contributed by atoms with van der Waals surface area (Å²) in [5.41, 5.74) is 1.70. The Morgan fingerprint density at radius 2 is 1.51 bits per heavy atom. The van der Waals surface area contributed by atoms with Crippen molar-refractivity contribution in [3.05, 3.63) is 47.8 Å². The molecule has 1 aromatic carbocycles. The Kier molecular flexibility index (Phi) is 8.58. The zero-order valence-electron chi connectivity index (χ0n) is 24.5. The number of methoxy groups -OCH3 is 1. The summed E-state index contributed by atoms with van der Waals surface area (Å²) >= 11 is 0. The lowest BCUT2D eigenvalue weighted by Crippen LogP contribution is -2.50. The van der Waals surface area contributed by atoms with Gasteiger partial charge in [-0.3, -0.25) is 9.59 Å². The summed E-state index contributed by atoms with van der Waals surface area (Å²) in [6, 6.07) is 7.99. The van der Waals surface area contributed by atoms with Crippen molar-refractivity contribution < 1.29 is 23.9 Å². The highest BCUT2D eigenvalue weighted by Gasteiger charge is 2.40. The quantitative estimate of drug-likeness (QED) is 0.503. The van der Waals surface area contributed by atoms with Gasteiger partial charge < -0.3 is 24.2 Å². The monoisotopic (exact) mass is 563 g/mol. The molecule has 1 atom stereocenters. The number of ether oxygens (including phenoxy) is 2. The third kappa shape index (κ3) is 7.22. The predicted octanol–water partition coefficient (Wildman–Crippen LogP) is 3.94. The van der Waals surface area contributed by atoms with Crippen molar-refractivity contribution >= 4 is 17.9 Å². The lowest BCUT2D eigenvalue weighted by atomic mass is 10.0. The van der Waals surface area contributed by atoms with Crippen molar-refractivity contribution in [1.82, 2.24) is 24.7 Å². The highest BCUT2D eigenvalue weighted by atomic mass is 16.6. The number of piperidine rings is 1. The Balaban J connectivity index is 1.18. The first-order valence-corrected chi connectivity index (χ1v) is 14.6. The fourth-order valence-corrected chi connectivity index (χ4v) is 5.58. The molecule has 41 heavy (non-hydrogen) atoms. The number of carbonyl (C=O) groups is 3. The summed E-state index contributed by atoms with van der Waals surface area (Å²) < 4.78 is 10.9. The number of hydrogen-bond donors (Lipinski definition) is 0. The molecule has 1 saturated carbocycles. The van der Waals surface area contributed by atoms with E-state index in [2.05, 4.69) is 9.97 Å². The molecule has 1 unspecified atom stereocenters. The van der Waals surface area contributed by atoms with E-state index in [1.54, 1.807) is 24.4 Å². The Hall–Kier alpha value is -3.53. The lowest BCUT2D eigenvalue weighted by Gasteiger charge is -2.39. The molecule has 1 aromatic heterocycles. The van der Waals surface area contributed by atoms with Crippen LogP contribution in [0.1, 0.15) is 68.8 Å². The molecule has 10 heteroatoms. The van der Waals surface area contributed by atoms with Crippen molar-refractivity contribution in [2.24, 2.45) is 0 Å². The third-order valence-electron chi connectivity index (χ3n) is 7.98. The summed E-state index contributed by atoms with van der Waals surface area (Å²) in [5.74, 6) is 0.582. The van der Waals surface area contributed by atoms with E-state index in [1.807, 2.05) is 54.8 Å².